The Morgan fingerprint density at radius 2 is 2.00 bits per heavy atom. The van der Waals surface area contributed by atoms with Gasteiger partial charge in [0.2, 0.25) is 0 Å². The van der Waals surface area contributed by atoms with Crippen LogP contribution in [0.3, 0.4) is 0 Å². The molecule has 0 saturated carbocycles. The molecule has 2 aliphatic heterocycles. The van der Waals surface area contributed by atoms with Gasteiger partial charge in [-0.15, -0.1) is 19.3 Å². The molecule has 94 valence electrons. The molecule has 1 spiro atoms. The highest BCUT2D eigenvalue weighted by Gasteiger charge is 2.42. The Kier molecular flexibility index (Phi) is 2.77. The molecule has 0 bridgehead atoms. The van der Waals surface area contributed by atoms with Crippen LogP contribution in [0.5, 0.6) is 5.75 Å². The summed E-state index contributed by atoms with van der Waals surface area (Å²) in [6.45, 7) is 1.74. The number of halogens is 1. The molecule has 2 aliphatic rings. The van der Waals surface area contributed by atoms with Crippen molar-refractivity contribution in [2.45, 2.75) is 25.9 Å². The van der Waals surface area contributed by atoms with E-state index in [1.165, 1.54) is 0 Å². The number of benzene rings is 1. The summed E-state index contributed by atoms with van der Waals surface area (Å²) >= 11 is 0. The molecule has 17 heavy (non-hydrogen) atoms. The second-order valence-electron chi connectivity index (χ2n) is 4.49. The minimum Gasteiger partial charge on any atom is -0.487 e. The van der Waals surface area contributed by atoms with E-state index in [1.807, 2.05) is 6.07 Å². The van der Waals surface area contributed by atoms with Gasteiger partial charge >= 0.3 is 0 Å². The summed E-state index contributed by atoms with van der Waals surface area (Å²) in [6, 6.07) is 5.24. The van der Waals surface area contributed by atoms with Crippen LogP contribution in [0.2, 0.25) is 0 Å². The quantitative estimate of drug-likeness (QED) is 0.603. The van der Waals surface area contributed by atoms with Gasteiger partial charge in [0.05, 0.1) is 0 Å². The molecule has 0 N–H and O–H groups in total. The van der Waals surface area contributed by atoms with E-state index in [0.717, 1.165) is 24.3 Å². The Bertz CT molecular complexity index is 424. The first-order valence-corrected chi connectivity index (χ1v) is 7.59. The third-order valence-corrected chi connectivity index (χ3v) is 5.45. The van der Waals surface area contributed by atoms with Gasteiger partial charge < -0.3 is 4.74 Å². The lowest BCUT2D eigenvalue weighted by atomic mass is 10.2. The molecular formula is C12H15FO3S. The fourth-order valence-electron chi connectivity index (χ4n) is 2.05. The maximum Gasteiger partial charge on any atom is 0.167 e. The zero-order valence-corrected chi connectivity index (χ0v) is 10.5. The summed E-state index contributed by atoms with van der Waals surface area (Å²) in [5.41, 5.74) is 0.620. The molecule has 2 fully saturated rings. The van der Waals surface area contributed by atoms with E-state index >= 15 is 0 Å². The van der Waals surface area contributed by atoms with Crippen LogP contribution in [-0.2, 0) is 8.67 Å². The Hall–Kier alpha value is -0.780. The summed E-state index contributed by atoms with van der Waals surface area (Å²) in [5, 5.41) is 0. The third kappa shape index (κ3) is 2.27. The highest BCUT2D eigenvalue weighted by atomic mass is 32.3. The Morgan fingerprint density at radius 1 is 1.29 bits per heavy atom. The third-order valence-electron chi connectivity index (χ3n) is 3.21. The largest absolute Gasteiger partial charge is 0.487 e. The molecule has 0 amide bonds. The smallest absolute Gasteiger partial charge is 0.167 e. The van der Waals surface area contributed by atoms with Crippen molar-refractivity contribution in [3.63, 3.8) is 0 Å². The van der Waals surface area contributed by atoms with Gasteiger partial charge in [-0.2, -0.15) is 0 Å². The molecule has 0 aliphatic carbocycles. The lowest BCUT2D eigenvalue weighted by Crippen LogP contribution is -2.25. The first-order valence-electron chi connectivity index (χ1n) is 5.77. The lowest BCUT2D eigenvalue weighted by Gasteiger charge is -2.28. The Morgan fingerprint density at radius 3 is 2.65 bits per heavy atom. The summed E-state index contributed by atoms with van der Waals surface area (Å²) < 4.78 is 29.5. The second kappa shape index (κ2) is 4.15. The normalized spacial score (nSPS) is 24.6. The molecule has 2 heterocycles. The predicted octanol–water partition coefficient (Wildman–Crippen LogP) is 3.27. The molecule has 0 aromatic heterocycles. The number of hydrogen-bond donors (Lipinski definition) is 0. The topological polar surface area (TPSA) is 34.3 Å². The van der Waals surface area contributed by atoms with Crippen molar-refractivity contribution >= 4 is 10.6 Å². The highest BCUT2D eigenvalue weighted by molar-refractivity contribution is 8.29. The van der Waals surface area contributed by atoms with Crippen molar-refractivity contribution in [3.8, 4) is 5.75 Å². The van der Waals surface area contributed by atoms with Gasteiger partial charge in [0.25, 0.3) is 0 Å². The number of aryl methyl sites for hydroxylation is 1. The van der Waals surface area contributed by atoms with Crippen molar-refractivity contribution in [2.24, 2.45) is 0 Å². The number of rotatable bonds is 2. The highest BCUT2D eigenvalue weighted by Crippen LogP contribution is 2.67. The molecule has 3 nitrogen and oxygen atoms in total. The SMILES string of the molecule is Cc1cccc(OC2CCS3(CC2)OO3)c1F. The molecular weight excluding hydrogens is 243 g/mol. The zero-order valence-electron chi connectivity index (χ0n) is 9.65. The van der Waals surface area contributed by atoms with Gasteiger partial charge in [0.1, 0.15) is 6.10 Å². The molecule has 0 radical (unpaired) electrons. The first kappa shape index (κ1) is 11.3. The molecule has 2 saturated heterocycles. The van der Waals surface area contributed by atoms with Gasteiger partial charge in [-0.3, -0.25) is 0 Å². The Balaban J connectivity index is 1.65. The summed E-state index contributed by atoms with van der Waals surface area (Å²) in [6.07, 6.45) is 1.84. The summed E-state index contributed by atoms with van der Waals surface area (Å²) in [4.78, 5) is 0. The van der Waals surface area contributed by atoms with E-state index < -0.39 is 10.6 Å². The van der Waals surface area contributed by atoms with Gasteiger partial charge in [0.15, 0.2) is 11.6 Å². The minimum absolute atomic E-state index is 0.0808. The summed E-state index contributed by atoms with van der Waals surface area (Å²) in [5.74, 6) is 1.92. The molecule has 3 rings (SSSR count). The van der Waals surface area contributed by atoms with Gasteiger partial charge in [0, 0.05) is 24.3 Å². The van der Waals surface area contributed by atoms with E-state index in [9.17, 15) is 4.39 Å². The van der Waals surface area contributed by atoms with Crippen molar-refractivity contribution in [1.29, 1.82) is 0 Å². The Labute approximate surface area is 102 Å². The number of ether oxygens (including phenoxy) is 1. The van der Waals surface area contributed by atoms with Gasteiger partial charge in [-0.1, -0.05) is 12.1 Å². The van der Waals surface area contributed by atoms with Crippen LogP contribution in [0.25, 0.3) is 0 Å². The standard InChI is InChI=1S/C12H15FO3S/c1-9-3-2-4-11(12(9)13)14-10-5-7-17(8-6-10)15-16-17/h2-4,10H,5-8H2,1H3. The van der Waals surface area contributed by atoms with Crippen LogP contribution in [0.1, 0.15) is 18.4 Å². The first-order chi connectivity index (χ1) is 8.19. The average molecular weight is 258 g/mol. The van der Waals surface area contributed by atoms with E-state index in [4.69, 9.17) is 13.4 Å². The second-order valence-corrected chi connectivity index (χ2v) is 7.07. The van der Waals surface area contributed by atoms with Crippen LogP contribution in [-0.4, -0.2) is 17.6 Å². The predicted molar refractivity (Wildman–Crippen MR) is 64.3 cm³/mol. The number of hydrogen-bond acceptors (Lipinski definition) is 3. The van der Waals surface area contributed by atoms with Crippen LogP contribution in [0.4, 0.5) is 4.39 Å². The van der Waals surface area contributed by atoms with Crippen molar-refractivity contribution in [1.82, 2.24) is 0 Å². The maximum atomic E-state index is 13.8. The van der Waals surface area contributed by atoms with Gasteiger partial charge in [-0.05, 0) is 18.6 Å². The van der Waals surface area contributed by atoms with Crippen LogP contribution < -0.4 is 4.74 Å². The van der Waals surface area contributed by atoms with Crippen LogP contribution in [0, 0.1) is 12.7 Å². The van der Waals surface area contributed by atoms with E-state index in [-0.39, 0.29) is 11.9 Å². The van der Waals surface area contributed by atoms with E-state index in [0.29, 0.717) is 11.3 Å². The maximum absolute atomic E-state index is 13.8. The summed E-state index contributed by atoms with van der Waals surface area (Å²) in [7, 11) is -1.15. The van der Waals surface area contributed by atoms with Crippen molar-refractivity contribution in [3.05, 3.63) is 29.6 Å². The molecule has 0 unspecified atom stereocenters. The average Bonchev–Trinajstić information content (AvgIpc) is 3.08. The van der Waals surface area contributed by atoms with Crippen molar-refractivity contribution in [2.75, 3.05) is 11.5 Å². The van der Waals surface area contributed by atoms with Crippen LogP contribution in [0.15, 0.2) is 18.2 Å². The van der Waals surface area contributed by atoms with Crippen molar-refractivity contribution < 1.29 is 17.8 Å². The van der Waals surface area contributed by atoms with E-state index in [2.05, 4.69) is 0 Å². The monoisotopic (exact) mass is 258 g/mol. The van der Waals surface area contributed by atoms with Crippen LogP contribution >= 0.6 is 10.6 Å². The lowest BCUT2D eigenvalue weighted by molar-refractivity contribution is 0.0850. The molecule has 1 aromatic rings. The molecule has 1 aromatic carbocycles. The molecule has 0 atom stereocenters. The fourth-order valence-corrected chi connectivity index (χ4v) is 4.09. The van der Waals surface area contributed by atoms with E-state index in [1.54, 1.807) is 19.1 Å². The van der Waals surface area contributed by atoms with Gasteiger partial charge in [-0.25, -0.2) is 4.39 Å². The fraction of sp³-hybridized carbons (Fsp3) is 0.500. The minimum atomic E-state index is -1.15. The zero-order chi connectivity index (χ0) is 11.9. The molecule has 5 heteroatoms.